The van der Waals surface area contributed by atoms with E-state index in [2.05, 4.69) is 41.7 Å². The van der Waals surface area contributed by atoms with E-state index >= 15 is 0 Å². The monoisotopic (exact) mass is 988 g/mol. The first-order chi connectivity index (χ1) is 29.8. The fourth-order valence-electron chi connectivity index (χ4n) is 5.57. The number of Topliss-reactive ketones (excluding diaryl/α,β-unsaturated/α-hetero) is 2. The van der Waals surface area contributed by atoms with Gasteiger partial charge < -0.3 is 21.3 Å². The lowest BCUT2D eigenvalue weighted by atomic mass is 10.1. The number of carbonyl (C=O) groups excluding carboxylic acids is 6. The number of carbonyl (C=O) groups is 6. The van der Waals surface area contributed by atoms with E-state index in [4.69, 9.17) is 81.2 Å². The van der Waals surface area contributed by atoms with Gasteiger partial charge in [0.05, 0.1) is 26.5 Å². The van der Waals surface area contributed by atoms with Gasteiger partial charge in [-0.25, -0.2) is 0 Å². The zero-order valence-corrected chi connectivity index (χ0v) is 38.1. The highest BCUT2D eigenvalue weighted by molar-refractivity contribution is 6.38. The van der Waals surface area contributed by atoms with Gasteiger partial charge in [0.15, 0.2) is 11.6 Å². The van der Waals surface area contributed by atoms with Crippen molar-refractivity contribution in [1.82, 2.24) is 0 Å². The van der Waals surface area contributed by atoms with Gasteiger partial charge in [0.1, 0.15) is 11.4 Å². The first kappa shape index (κ1) is 48.6. The van der Waals surface area contributed by atoms with Crippen molar-refractivity contribution in [1.29, 1.82) is 0 Å². The second-order valence-electron chi connectivity index (χ2n) is 13.4. The number of hydrogen-bond acceptors (Lipinski definition) is 10. The first-order valence-corrected chi connectivity index (χ1v) is 20.9. The molecule has 4 amide bonds. The second-order valence-corrected chi connectivity index (χ2v) is 16.5. The van der Waals surface area contributed by atoms with Crippen LogP contribution in [0, 0.1) is 0 Å². The van der Waals surface area contributed by atoms with Crippen molar-refractivity contribution in [3.63, 3.8) is 0 Å². The Morgan fingerprint density at radius 3 is 1.32 bits per heavy atom. The van der Waals surface area contributed by atoms with Crippen LogP contribution in [0.15, 0.2) is 111 Å². The van der Waals surface area contributed by atoms with E-state index in [-0.39, 0.29) is 43.9 Å². The van der Waals surface area contributed by atoms with E-state index in [1.54, 1.807) is 6.92 Å². The lowest BCUT2D eigenvalue weighted by molar-refractivity contribution is -0.127. The van der Waals surface area contributed by atoms with Crippen LogP contribution in [0.1, 0.15) is 52.4 Å². The van der Waals surface area contributed by atoms with Gasteiger partial charge in [-0.3, -0.25) is 28.8 Å². The Balaban J connectivity index is 1.29. The van der Waals surface area contributed by atoms with Crippen molar-refractivity contribution >= 4 is 151 Å². The fourth-order valence-corrected chi connectivity index (χ4v) is 7.30. The lowest BCUT2D eigenvalue weighted by Gasteiger charge is -2.17. The third kappa shape index (κ3) is 13.1. The zero-order valence-electron chi connectivity index (χ0n) is 32.8. The highest BCUT2D eigenvalue weighted by Crippen LogP contribution is 2.34. The van der Waals surface area contributed by atoms with Crippen molar-refractivity contribution in [2.75, 3.05) is 21.3 Å². The largest absolute Gasteiger partial charge is 0.324 e. The Kier molecular flexibility index (Phi) is 16.8. The molecule has 5 aromatic carbocycles. The molecule has 21 heteroatoms. The maximum Gasteiger partial charge on any atom is 0.258 e. The molecule has 0 bridgehead atoms. The summed E-state index contributed by atoms with van der Waals surface area (Å²) in [5, 5.41) is 26.6. The molecule has 0 aromatic heterocycles. The third-order valence-electron chi connectivity index (χ3n) is 8.52. The summed E-state index contributed by atoms with van der Waals surface area (Å²) in [6.45, 7) is 3.87. The minimum Gasteiger partial charge on any atom is -0.324 e. The predicted molar refractivity (Wildman–Crippen MR) is 248 cm³/mol. The molecule has 3 unspecified atom stereocenters. The number of alkyl halides is 1. The fraction of sp³-hybridized carbons (Fsp3) is 0.143. The molecule has 0 saturated heterocycles. The molecule has 0 heterocycles. The number of nitrogens with one attached hydrogen (secondary N) is 4. The van der Waals surface area contributed by atoms with Gasteiger partial charge >= 0.3 is 0 Å². The Morgan fingerprint density at radius 2 is 0.921 bits per heavy atom. The minimum atomic E-state index is -1.66. The number of benzene rings is 5. The van der Waals surface area contributed by atoms with Crippen LogP contribution in [-0.2, 0) is 19.2 Å². The Morgan fingerprint density at radius 1 is 0.508 bits per heavy atom. The molecule has 4 N–H and O–H groups in total. The van der Waals surface area contributed by atoms with E-state index < -0.39 is 52.7 Å². The van der Waals surface area contributed by atoms with Gasteiger partial charge in [-0.2, -0.15) is 20.5 Å². The van der Waals surface area contributed by atoms with Crippen LogP contribution in [0.3, 0.4) is 0 Å². The SMILES string of the molecule is CC(=O)C(N=Nc1cccc(C(=O)Nc2cc(Cl)cc(Cl)c2)c1Cl)C(=O)Nc1ccc(NC(=O)C(N=Nc2cccc(C(=O)Nc3cc(Cl)cc(Cl)c3)c2Cl)C(C)=O)c(C(C)Cl)c1. The molecule has 324 valence electrons. The number of ketones is 2. The Labute approximate surface area is 394 Å². The number of anilines is 4. The number of nitrogens with zero attached hydrogens (tertiary/aromatic N) is 4. The molecule has 3 atom stereocenters. The van der Waals surface area contributed by atoms with Crippen LogP contribution in [0.2, 0.25) is 30.1 Å². The van der Waals surface area contributed by atoms with Crippen LogP contribution < -0.4 is 21.3 Å². The molecule has 0 aliphatic rings. The second kappa shape index (κ2) is 21.8. The summed E-state index contributed by atoms with van der Waals surface area (Å²) in [5.74, 6) is -4.32. The lowest BCUT2D eigenvalue weighted by Crippen LogP contribution is -2.32. The molecule has 63 heavy (non-hydrogen) atoms. The summed E-state index contributed by atoms with van der Waals surface area (Å²) in [5.41, 5.74) is 1.28. The summed E-state index contributed by atoms with van der Waals surface area (Å²) in [4.78, 5) is 78.1. The van der Waals surface area contributed by atoms with Gasteiger partial charge in [0.25, 0.3) is 23.6 Å². The molecule has 0 spiro atoms. The van der Waals surface area contributed by atoms with Crippen molar-refractivity contribution in [3.8, 4) is 0 Å². The molecule has 5 rings (SSSR count). The molecule has 0 radical (unpaired) electrons. The van der Waals surface area contributed by atoms with Crippen LogP contribution >= 0.6 is 81.2 Å². The molecule has 14 nitrogen and oxygen atoms in total. The molecular weight excluding hydrogens is 961 g/mol. The molecule has 0 saturated carbocycles. The van der Waals surface area contributed by atoms with Crippen LogP contribution in [-0.4, -0.2) is 47.3 Å². The van der Waals surface area contributed by atoms with Crippen LogP contribution in [0.25, 0.3) is 0 Å². The van der Waals surface area contributed by atoms with Crippen LogP contribution in [0.4, 0.5) is 34.1 Å². The number of halogens is 7. The molecule has 0 aliphatic heterocycles. The van der Waals surface area contributed by atoms with E-state index in [9.17, 15) is 28.8 Å². The summed E-state index contributed by atoms with van der Waals surface area (Å²) >= 11 is 43.6. The quantitative estimate of drug-likeness (QED) is 0.0457. The van der Waals surface area contributed by atoms with Gasteiger partial charge in [-0.05, 0) is 105 Å². The summed E-state index contributed by atoms with van der Waals surface area (Å²) in [6.07, 6.45) is 0. The molecule has 5 aromatic rings. The third-order valence-corrected chi connectivity index (χ3v) is 10.4. The van der Waals surface area contributed by atoms with Crippen molar-refractivity contribution in [2.45, 2.75) is 38.2 Å². The average molecular weight is 992 g/mol. The average Bonchev–Trinajstić information content (AvgIpc) is 3.18. The van der Waals surface area contributed by atoms with Gasteiger partial charge in [-0.1, -0.05) is 81.7 Å². The molecule has 0 fully saturated rings. The normalized spacial score (nSPS) is 12.7. The Hall–Kier alpha value is -5.45. The topological polar surface area (TPSA) is 200 Å². The first-order valence-electron chi connectivity index (χ1n) is 18.2. The van der Waals surface area contributed by atoms with Gasteiger partial charge in [0.2, 0.25) is 12.1 Å². The van der Waals surface area contributed by atoms with Crippen molar-refractivity contribution < 1.29 is 28.8 Å². The van der Waals surface area contributed by atoms with E-state index in [1.807, 2.05) is 0 Å². The Bertz CT molecular complexity index is 2670. The van der Waals surface area contributed by atoms with E-state index in [1.165, 1.54) is 91.0 Å². The maximum atomic E-state index is 13.5. The highest BCUT2D eigenvalue weighted by Gasteiger charge is 2.27. The summed E-state index contributed by atoms with van der Waals surface area (Å²) in [6, 6.07) is 18.6. The standard InChI is InChI=1S/C42H31Cl7N8O6/c1-19(43)31-18-26(50-41(62)37(20(2)58)56-54-33-8-4-6-29(35(33)48)39(60)51-27-14-22(44)12-23(45)15-27)10-11-32(31)53-42(63)38(21(3)59)57-55-34-9-5-7-30(36(34)49)40(61)52-28-16-24(46)13-25(47)17-28/h4-19,37-38H,1-3H3,(H,50,62)(H,51,60)(H,52,61)(H,53,63). The van der Waals surface area contributed by atoms with Crippen molar-refractivity contribution in [3.05, 3.63) is 138 Å². The van der Waals surface area contributed by atoms with Gasteiger partial charge in [0, 0.05) is 42.8 Å². The summed E-state index contributed by atoms with van der Waals surface area (Å²) in [7, 11) is 0. The van der Waals surface area contributed by atoms with Crippen LogP contribution in [0.5, 0.6) is 0 Å². The number of amides is 4. The molecular formula is C42H31Cl7N8O6. The van der Waals surface area contributed by atoms with E-state index in [0.29, 0.717) is 37.0 Å². The number of rotatable bonds is 15. The van der Waals surface area contributed by atoms with Crippen molar-refractivity contribution in [2.24, 2.45) is 20.5 Å². The minimum absolute atomic E-state index is 0.00529. The number of hydrogen-bond donors (Lipinski definition) is 4. The number of azo groups is 2. The highest BCUT2D eigenvalue weighted by atomic mass is 35.5. The molecule has 0 aliphatic carbocycles. The zero-order chi connectivity index (χ0) is 46.1. The maximum absolute atomic E-state index is 13.5. The summed E-state index contributed by atoms with van der Waals surface area (Å²) < 4.78 is 0. The van der Waals surface area contributed by atoms with E-state index in [0.717, 1.165) is 13.8 Å². The predicted octanol–water partition coefficient (Wildman–Crippen LogP) is 12.8. The smallest absolute Gasteiger partial charge is 0.258 e. The van der Waals surface area contributed by atoms with Gasteiger partial charge in [-0.15, -0.1) is 11.6 Å².